The Hall–Kier alpha value is -1.46. The first-order chi connectivity index (χ1) is 12.3. The molecule has 1 spiro atoms. The van der Waals surface area contributed by atoms with Gasteiger partial charge in [-0.25, -0.2) is 0 Å². The normalized spacial score (nSPS) is 32.6. The highest BCUT2D eigenvalue weighted by Gasteiger charge is 2.46. The molecule has 1 amide bonds. The van der Waals surface area contributed by atoms with E-state index in [-0.39, 0.29) is 5.54 Å². The number of likely N-dealkylation sites (tertiary alicyclic amines) is 1. The Morgan fingerprint density at radius 3 is 2.72 bits per heavy atom. The average Bonchev–Trinajstić information content (AvgIpc) is 3.27. The quantitative estimate of drug-likeness (QED) is 0.892. The molecule has 3 aliphatic rings. The van der Waals surface area contributed by atoms with E-state index < -0.39 is 0 Å². The van der Waals surface area contributed by atoms with E-state index in [4.69, 9.17) is 4.74 Å². The molecule has 0 bridgehead atoms. The van der Waals surface area contributed by atoms with E-state index in [1.807, 2.05) is 24.5 Å². The second-order valence-corrected chi connectivity index (χ2v) is 7.97. The lowest BCUT2D eigenvalue weighted by molar-refractivity contribution is -0.133. The molecular formula is C20H29N3O2. The molecule has 2 saturated heterocycles. The maximum absolute atomic E-state index is 12.5. The number of pyridine rings is 1. The summed E-state index contributed by atoms with van der Waals surface area (Å²) in [6.07, 6.45) is 11.2. The maximum atomic E-state index is 12.5. The van der Waals surface area contributed by atoms with Crippen LogP contribution in [0.1, 0.15) is 50.5 Å². The van der Waals surface area contributed by atoms with Crippen molar-refractivity contribution in [3.05, 3.63) is 30.1 Å². The second-order valence-electron chi connectivity index (χ2n) is 7.97. The van der Waals surface area contributed by atoms with Crippen molar-refractivity contribution in [1.82, 2.24) is 15.2 Å². The molecule has 1 atom stereocenters. The number of rotatable bonds is 5. The minimum atomic E-state index is 0.0923. The van der Waals surface area contributed by atoms with Crippen LogP contribution < -0.4 is 5.32 Å². The molecular weight excluding hydrogens is 314 g/mol. The van der Waals surface area contributed by atoms with E-state index in [0.29, 0.717) is 24.3 Å². The van der Waals surface area contributed by atoms with Gasteiger partial charge in [-0.2, -0.15) is 0 Å². The van der Waals surface area contributed by atoms with Crippen molar-refractivity contribution < 1.29 is 9.53 Å². The van der Waals surface area contributed by atoms with Crippen LogP contribution in [0, 0.1) is 5.92 Å². The largest absolute Gasteiger partial charge is 0.381 e. The number of hydrogen-bond acceptors (Lipinski definition) is 4. The van der Waals surface area contributed by atoms with Crippen LogP contribution in [-0.2, 0) is 16.1 Å². The molecule has 136 valence electrons. The van der Waals surface area contributed by atoms with Crippen molar-refractivity contribution in [2.45, 2.75) is 63.1 Å². The molecule has 25 heavy (non-hydrogen) atoms. The summed E-state index contributed by atoms with van der Waals surface area (Å²) in [6.45, 7) is 3.65. The van der Waals surface area contributed by atoms with E-state index in [2.05, 4.69) is 15.2 Å². The zero-order valence-corrected chi connectivity index (χ0v) is 15.0. The van der Waals surface area contributed by atoms with Crippen molar-refractivity contribution in [2.24, 2.45) is 5.92 Å². The molecule has 1 unspecified atom stereocenters. The van der Waals surface area contributed by atoms with E-state index in [0.717, 1.165) is 45.6 Å². The Kier molecular flexibility index (Phi) is 5.04. The van der Waals surface area contributed by atoms with Crippen LogP contribution in [0.25, 0.3) is 0 Å². The van der Waals surface area contributed by atoms with Gasteiger partial charge in [0, 0.05) is 50.1 Å². The zero-order valence-electron chi connectivity index (χ0n) is 15.0. The van der Waals surface area contributed by atoms with E-state index in [1.165, 1.54) is 24.8 Å². The molecule has 3 heterocycles. The summed E-state index contributed by atoms with van der Waals surface area (Å²) < 4.78 is 5.47. The molecule has 0 aromatic carbocycles. The average molecular weight is 343 g/mol. The molecule has 5 heteroatoms. The van der Waals surface area contributed by atoms with Crippen molar-refractivity contribution in [2.75, 3.05) is 19.8 Å². The Labute approximate surface area is 150 Å². The summed E-state index contributed by atoms with van der Waals surface area (Å²) in [7, 11) is 0. The van der Waals surface area contributed by atoms with Crippen LogP contribution in [0.3, 0.4) is 0 Å². The summed E-state index contributed by atoms with van der Waals surface area (Å²) in [5, 5.41) is 3.75. The highest BCUT2D eigenvalue weighted by atomic mass is 16.5. The Bertz CT molecular complexity index is 578. The summed E-state index contributed by atoms with van der Waals surface area (Å²) in [4.78, 5) is 18.8. The van der Waals surface area contributed by atoms with Gasteiger partial charge < -0.3 is 15.0 Å². The van der Waals surface area contributed by atoms with Crippen LogP contribution in [0.5, 0.6) is 0 Å². The summed E-state index contributed by atoms with van der Waals surface area (Å²) >= 11 is 0. The Morgan fingerprint density at radius 1 is 1.20 bits per heavy atom. The van der Waals surface area contributed by atoms with Crippen molar-refractivity contribution >= 4 is 5.91 Å². The van der Waals surface area contributed by atoms with Gasteiger partial charge in [0.05, 0.1) is 6.61 Å². The summed E-state index contributed by atoms with van der Waals surface area (Å²) in [6, 6.07) is 4.65. The van der Waals surface area contributed by atoms with Crippen molar-refractivity contribution in [1.29, 1.82) is 0 Å². The van der Waals surface area contributed by atoms with Crippen molar-refractivity contribution in [3.8, 4) is 0 Å². The van der Waals surface area contributed by atoms with Crippen molar-refractivity contribution in [3.63, 3.8) is 0 Å². The predicted octanol–water partition coefficient (Wildman–Crippen LogP) is 2.51. The molecule has 2 aliphatic heterocycles. The van der Waals surface area contributed by atoms with E-state index in [9.17, 15) is 4.79 Å². The van der Waals surface area contributed by atoms with Crippen LogP contribution in [0.4, 0.5) is 0 Å². The molecule has 1 aromatic rings. The highest BCUT2D eigenvalue weighted by Crippen LogP contribution is 2.43. The molecule has 4 rings (SSSR count). The van der Waals surface area contributed by atoms with Gasteiger partial charge >= 0.3 is 0 Å². The van der Waals surface area contributed by atoms with Crippen LogP contribution in [-0.4, -0.2) is 47.1 Å². The number of amides is 1. The fourth-order valence-electron chi connectivity index (χ4n) is 4.76. The standard InChI is InChI=1S/C20H29N3O2/c24-19-3-9-20(23(19)14-16-4-10-21-11-5-16)7-1-18(2-8-20)22-13-17-6-12-25-15-17/h4-5,10-11,17-18,22H,1-3,6-9,12-15H2. The summed E-state index contributed by atoms with van der Waals surface area (Å²) in [5.41, 5.74) is 1.28. The first-order valence-electron chi connectivity index (χ1n) is 9.76. The fourth-order valence-corrected chi connectivity index (χ4v) is 4.76. The first kappa shape index (κ1) is 17.0. The molecule has 1 aromatic heterocycles. The minimum absolute atomic E-state index is 0.0923. The number of nitrogens with zero attached hydrogens (tertiary/aromatic N) is 2. The number of hydrogen-bond donors (Lipinski definition) is 1. The molecule has 0 radical (unpaired) electrons. The number of carbonyl (C=O) groups is 1. The van der Waals surface area contributed by atoms with Crippen LogP contribution in [0.2, 0.25) is 0 Å². The topological polar surface area (TPSA) is 54.5 Å². The molecule has 1 N–H and O–H groups in total. The predicted molar refractivity (Wildman–Crippen MR) is 95.9 cm³/mol. The van der Waals surface area contributed by atoms with Crippen LogP contribution in [0.15, 0.2) is 24.5 Å². The van der Waals surface area contributed by atoms with E-state index >= 15 is 0 Å². The smallest absolute Gasteiger partial charge is 0.223 e. The van der Waals surface area contributed by atoms with E-state index in [1.54, 1.807) is 0 Å². The SMILES string of the molecule is O=C1CCC2(CCC(NCC3CCOC3)CC2)N1Cc1ccncc1. The monoisotopic (exact) mass is 343 g/mol. The van der Waals surface area contributed by atoms with Gasteiger partial charge in [0.15, 0.2) is 0 Å². The molecule has 1 aliphatic carbocycles. The highest BCUT2D eigenvalue weighted by molar-refractivity contribution is 5.79. The second kappa shape index (κ2) is 7.42. The van der Waals surface area contributed by atoms with Gasteiger partial charge in [0.1, 0.15) is 0 Å². The Morgan fingerprint density at radius 2 is 2.00 bits per heavy atom. The van der Waals surface area contributed by atoms with Gasteiger partial charge in [0.2, 0.25) is 5.91 Å². The van der Waals surface area contributed by atoms with Gasteiger partial charge in [-0.3, -0.25) is 9.78 Å². The number of carbonyl (C=O) groups excluding carboxylic acids is 1. The summed E-state index contributed by atoms with van der Waals surface area (Å²) in [5.74, 6) is 1.01. The fraction of sp³-hybridized carbons (Fsp3) is 0.700. The van der Waals surface area contributed by atoms with Crippen LogP contribution >= 0.6 is 0 Å². The van der Waals surface area contributed by atoms with Gasteiger partial charge in [-0.05, 0) is 62.1 Å². The lowest BCUT2D eigenvalue weighted by Gasteiger charge is -2.44. The lowest BCUT2D eigenvalue weighted by atomic mass is 9.77. The van der Waals surface area contributed by atoms with Gasteiger partial charge in [0.25, 0.3) is 0 Å². The molecule has 3 fully saturated rings. The number of aromatic nitrogens is 1. The Balaban J connectivity index is 1.34. The third-order valence-electron chi connectivity index (χ3n) is 6.40. The number of ether oxygens (including phenoxy) is 1. The maximum Gasteiger partial charge on any atom is 0.223 e. The number of nitrogens with one attached hydrogen (secondary N) is 1. The zero-order chi connectivity index (χ0) is 17.1. The van der Waals surface area contributed by atoms with Gasteiger partial charge in [-0.1, -0.05) is 0 Å². The molecule has 5 nitrogen and oxygen atoms in total. The third kappa shape index (κ3) is 3.72. The minimum Gasteiger partial charge on any atom is -0.381 e. The lowest BCUT2D eigenvalue weighted by Crippen LogP contribution is -2.50. The first-order valence-corrected chi connectivity index (χ1v) is 9.76. The molecule has 1 saturated carbocycles. The third-order valence-corrected chi connectivity index (χ3v) is 6.40. The van der Waals surface area contributed by atoms with Gasteiger partial charge in [-0.15, -0.1) is 0 Å².